The first kappa shape index (κ1) is 21.5. The highest BCUT2D eigenvalue weighted by atomic mass is 16.5. The molecule has 1 amide bonds. The van der Waals surface area contributed by atoms with Gasteiger partial charge in [-0.1, -0.05) is 13.8 Å². The van der Waals surface area contributed by atoms with Crippen molar-refractivity contribution in [2.45, 2.75) is 53.6 Å². The number of aryl methyl sites for hydroxylation is 1. The minimum Gasteiger partial charge on any atom is -0.497 e. The van der Waals surface area contributed by atoms with Crippen LogP contribution in [0.4, 0.5) is 0 Å². The second-order valence-electron chi connectivity index (χ2n) is 7.84. The van der Waals surface area contributed by atoms with Crippen LogP contribution in [0.15, 0.2) is 24.3 Å². The van der Waals surface area contributed by atoms with Gasteiger partial charge in [-0.2, -0.15) is 10.2 Å². The molecule has 8 nitrogen and oxygen atoms in total. The molecule has 3 aromatic rings. The summed E-state index contributed by atoms with van der Waals surface area (Å²) in [5.41, 5.74) is 4.19. The van der Waals surface area contributed by atoms with Crippen LogP contribution in [0, 0.1) is 19.8 Å². The molecule has 0 unspecified atom stereocenters. The molecule has 2 heterocycles. The minimum absolute atomic E-state index is 0.0205. The lowest BCUT2D eigenvalue weighted by Crippen LogP contribution is -2.23. The predicted molar refractivity (Wildman–Crippen MR) is 115 cm³/mol. The lowest BCUT2D eigenvalue weighted by molar-refractivity contribution is -0.121. The van der Waals surface area contributed by atoms with Gasteiger partial charge in [0.2, 0.25) is 5.91 Å². The minimum atomic E-state index is -0.0205. The molecule has 8 heteroatoms. The van der Waals surface area contributed by atoms with E-state index < -0.39 is 0 Å². The lowest BCUT2D eigenvalue weighted by Gasteiger charge is -2.08. The first-order chi connectivity index (χ1) is 14.4. The molecular weight excluding hydrogens is 380 g/mol. The van der Waals surface area contributed by atoms with Gasteiger partial charge in [-0.15, -0.1) is 0 Å². The van der Waals surface area contributed by atoms with Crippen LogP contribution in [0.3, 0.4) is 0 Å². The fraction of sp³-hybridized carbons (Fsp3) is 0.455. The Morgan fingerprint density at radius 3 is 2.63 bits per heavy atom. The smallest absolute Gasteiger partial charge is 0.220 e. The van der Waals surface area contributed by atoms with Crippen molar-refractivity contribution in [2.75, 3.05) is 7.11 Å². The number of carbonyl (C=O) groups excluding carboxylic acids is 1. The normalized spacial score (nSPS) is 11.1. The van der Waals surface area contributed by atoms with Crippen LogP contribution >= 0.6 is 0 Å². The van der Waals surface area contributed by atoms with Crippen LogP contribution < -0.4 is 10.1 Å². The molecule has 1 aromatic carbocycles. The number of aromatic amines is 1. The maximum Gasteiger partial charge on any atom is 0.220 e. The molecule has 0 saturated heterocycles. The Balaban J connectivity index is 1.52. The zero-order valence-corrected chi connectivity index (χ0v) is 18.3. The van der Waals surface area contributed by atoms with Gasteiger partial charge in [-0.3, -0.25) is 14.6 Å². The molecule has 0 aliphatic carbocycles. The second kappa shape index (κ2) is 9.56. The third kappa shape index (κ3) is 5.25. The van der Waals surface area contributed by atoms with Gasteiger partial charge in [0.25, 0.3) is 0 Å². The van der Waals surface area contributed by atoms with Gasteiger partial charge >= 0.3 is 0 Å². The Hall–Kier alpha value is -3.16. The highest BCUT2D eigenvalue weighted by Gasteiger charge is 2.14. The fourth-order valence-electron chi connectivity index (χ4n) is 3.37. The molecule has 0 radical (unpaired) electrons. The zero-order chi connectivity index (χ0) is 21.7. The van der Waals surface area contributed by atoms with E-state index in [9.17, 15) is 4.79 Å². The molecule has 0 fully saturated rings. The molecule has 30 heavy (non-hydrogen) atoms. The average Bonchev–Trinajstić information content (AvgIpc) is 3.29. The number of nitrogens with one attached hydrogen (secondary N) is 2. The topological polar surface area (TPSA) is 97.7 Å². The molecule has 2 aromatic heterocycles. The highest BCUT2D eigenvalue weighted by Crippen LogP contribution is 2.19. The molecule has 160 valence electrons. The number of H-pyrrole nitrogens is 1. The van der Waals surface area contributed by atoms with E-state index in [0.717, 1.165) is 34.8 Å². The summed E-state index contributed by atoms with van der Waals surface area (Å²) in [5, 5.41) is 14.6. The third-order valence-electron chi connectivity index (χ3n) is 5.00. The number of methoxy groups -OCH3 is 1. The first-order valence-electron chi connectivity index (χ1n) is 10.2. The Kier molecular flexibility index (Phi) is 6.87. The van der Waals surface area contributed by atoms with Crippen LogP contribution in [0.2, 0.25) is 0 Å². The molecule has 2 N–H and O–H groups in total. The summed E-state index contributed by atoms with van der Waals surface area (Å²) in [7, 11) is 1.63. The van der Waals surface area contributed by atoms with Crippen molar-refractivity contribution in [1.29, 1.82) is 0 Å². The Labute approximate surface area is 177 Å². The standard InChI is InChI=1S/C22H30N6O2/c1-14(2)13-28-16(4)19(15(3)27-28)10-11-21(29)23-12-20-24-22(26-25-20)17-6-8-18(30-5)9-7-17/h6-9,14H,10-13H2,1-5H3,(H,23,29)(H,24,25,26). The van der Waals surface area contributed by atoms with Gasteiger partial charge in [0, 0.05) is 24.2 Å². The van der Waals surface area contributed by atoms with Gasteiger partial charge < -0.3 is 10.1 Å². The Morgan fingerprint density at radius 2 is 1.97 bits per heavy atom. The van der Waals surface area contributed by atoms with Crippen molar-refractivity contribution in [3.63, 3.8) is 0 Å². The number of nitrogens with zero attached hydrogens (tertiary/aromatic N) is 4. The Morgan fingerprint density at radius 1 is 1.23 bits per heavy atom. The van der Waals surface area contributed by atoms with Gasteiger partial charge in [0.05, 0.1) is 19.3 Å². The monoisotopic (exact) mass is 410 g/mol. The maximum atomic E-state index is 12.3. The number of ether oxygens (including phenoxy) is 1. The number of carbonyl (C=O) groups is 1. The van der Waals surface area contributed by atoms with Crippen LogP contribution in [0.25, 0.3) is 11.4 Å². The molecule has 0 saturated carbocycles. The van der Waals surface area contributed by atoms with E-state index in [2.05, 4.69) is 46.4 Å². The van der Waals surface area contributed by atoms with E-state index in [1.807, 2.05) is 35.9 Å². The number of amides is 1. The van der Waals surface area contributed by atoms with Crippen LogP contribution in [0.1, 0.15) is 43.0 Å². The van der Waals surface area contributed by atoms with Gasteiger partial charge in [-0.25, -0.2) is 4.98 Å². The zero-order valence-electron chi connectivity index (χ0n) is 18.3. The van der Waals surface area contributed by atoms with Gasteiger partial charge in [-0.05, 0) is 56.0 Å². The Bertz CT molecular complexity index is 988. The predicted octanol–water partition coefficient (Wildman–Crippen LogP) is 3.20. The van der Waals surface area contributed by atoms with Crippen molar-refractivity contribution in [2.24, 2.45) is 5.92 Å². The quantitative estimate of drug-likeness (QED) is 0.565. The number of rotatable bonds is 9. The SMILES string of the molecule is COc1ccc(-c2n[nH]c(CNC(=O)CCc3c(C)nn(CC(C)C)c3C)n2)cc1. The number of aromatic nitrogens is 5. The van der Waals surface area contributed by atoms with E-state index in [4.69, 9.17) is 4.74 Å². The van der Waals surface area contributed by atoms with E-state index in [-0.39, 0.29) is 5.91 Å². The van der Waals surface area contributed by atoms with Crippen LogP contribution in [-0.2, 0) is 24.3 Å². The number of hydrogen-bond donors (Lipinski definition) is 2. The second-order valence-corrected chi connectivity index (χ2v) is 7.84. The molecule has 0 atom stereocenters. The fourth-order valence-corrected chi connectivity index (χ4v) is 3.37. The maximum absolute atomic E-state index is 12.3. The third-order valence-corrected chi connectivity index (χ3v) is 5.00. The summed E-state index contributed by atoms with van der Waals surface area (Å²) in [4.78, 5) is 16.8. The summed E-state index contributed by atoms with van der Waals surface area (Å²) >= 11 is 0. The van der Waals surface area contributed by atoms with Crippen molar-refractivity contribution < 1.29 is 9.53 Å². The van der Waals surface area contributed by atoms with Crippen LogP contribution in [0.5, 0.6) is 5.75 Å². The molecule has 3 rings (SSSR count). The van der Waals surface area contributed by atoms with E-state index in [0.29, 0.717) is 37.0 Å². The highest BCUT2D eigenvalue weighted by molar-refractivity contribution is 5.76. The van der Waals surface area contributed by atoms with E-state index in [1.54, 1.807) is 7.11 Å². The largest absolute Gasteiger partial charge is 0.497 e. The summed E-state index contributed by atoms with van der Waals surface area (Å²) in [5.74, 6) is 2.50. The summed E-state index contributed by atoms with van der Waals surface area (Å²) in [6.07, 6.45) is 1.09. The molecular formula is C22H30N6O2. The van der Waals surface area contributed by atoms with Crippen LogP contribution in [-0.4, -0.2) is 38.0 Å². The first-order valence-corrected chi connectivity index (χ1v) is 10.2. The molecule has 0 bridgehead atoms. The lowest BCUT2D eigenvalue weighted by atomic mass is 10.1. The van der Waals surface area contributed by atoms with Gasteiger partial charge in [0.15, 0.2) is 5.82 Å². The number of hydrogen-bond acceptors (Lipinski definition) is 5. The molecule has 0 spiro atoms. The van der Waals surface area contributed by atoms with Crippen molar-refractivity contribution in [1.82, 2.24) is 30.3 Å². The van der Waals surface area contributed by atoms with Crippen molar-refractivity contribution in [3.05, 3.63) is 47.0 Å². The van der Waals surface area contributed by atoms with Crippen molar-refractivity contribution in [3.8, 4) is 17.1 Å². The van der Waals surface area contributed by atoms with E-state index >= 15 is 0 Å². The summed E-state index contributed by atoms with van der Waals surface area (Å²) in [6.45, 7) is 9.63. The van der Waals surface area contributed by atoms with E-state index in [1.165, 1.54) is 0 Å². The molecule has 0 aliphatic rings. The van der Waals surface area contributed by atoms with Gasteiger partial charge in [0.1, 0.15) is 11.6 Å². The average molecular weight is 411 g/mol. The summed E-state index contributed by atoms with van der Waals surface area (Å²) in [6, 6.07) is 7.52. The number of benzene rings is 1. The summed E-state index contributed by atoms with van der Waals surface area (Å²) < 4.78 is 7.21. The van der Waals surface area contributed by atoms with Crippen molar-refractivity contribution >= 4 is 5.91 Å². The molecule has 0 aliphatic heterocycles.